The van der Waals surface area contributed by atoms with Crippen molar-refractivity contribution < 1.29 is 4.74 Å². The lowest BCUT2D eigenvalue weighted by atomic mass is 10.4. The number of rotatable bonds is 2. The van der Waals surface area contributed by atoms with Gasteiger partial charge in [-0.05, 0) is 12.5 Å². The summed E-state index contributed by atoms with van der Waals surface area (Å²) in [4.78, 5) is 7.95. The molecule has 0 aromatic carbocycles. The van der Waals surface area contributed by atoms with Gasteiger partial charge in [-0.2, -0.15) is 10.1 Å². The second kappa shape index (κ2) is 3.56. The zero-order valence-electron chi connectivity index (χ0n) is 8.51. The number of aryl methyl sites for hydroxylation is 1. The molecule has 0 amide bonds. The van der Waals surface area contributed by atoms with E-state index in [0.29, 0.717) is 17.4 Å². The van der Waals surface area contributed by atoms with Crippen molar-refractivity contribution in [3.63, 3.8) is 0 Å². The predicted octanol–water partition coefficient (Wildman–Crippen LogP) is 0.562. The zero-order chi connectivity index (χ0) is 10.8. The molecule has 0 aliphatic rings. The van der Waals surface area contributed by atoms with Crippen LogP contribution in [0.2, 0.25) is 0 Å². The number of ether oxygens (including phenoxy) is 1. The summed E-state index contributed by atoms with van der Waals surface area (Å²) >= 11 is 0. The smallest absolute Gasteiger partial charge is 0.242 e. The van der Waals surface area contributed by atoms with Crippen molar-refractivity contribution in [2.24, 2.45) is 0 Å². The molecule has 2 aromatic heterocycles. The molecule has 6 nitrogen and oxygen atoms in total. The molecule has 0 fully saturated rings. The standard InChI is InChI=1S/C9H11N5O/c1-6-3-13-14(4-6)8-7(10)9(15-2)12-5-11-8/h3-5H,10H2,1-2H3. The van der Waals surface area contributed by atoms with Crippen molar-refractivity contribution in [2.75, 3.05) is 12.8 Å². The van der Waals surface area contributed by atoms with Crippen molar-refractivity contribution in [1.29, 1.82) is 0 Å². The van der Waals surface area contributed by atoms with Gasteiger partial charge in [0.05, 0.1) is 13.3 Å². The topological polar surface area (TPSA) is 78.9 Å². The highest BCUT2D eigenvalue weighted by atomic mass is 16.5. The van der Waals surface area contributed by atoms with Gasteiger partial charge in [0.2, 0.25) is 5.88 Å². The molecule has 0 spiro atoms. The summed E-state index contributed by atoms with van der Waals surface area (Å²) in [7, 11) is 1.51. The average molecular weight is 205 g/mol. The highest BCUT2D eigenvalue weighted by Gasteiger charge is 2.10. The fourth-order valence-corrected chi connectivity index (χ4v) is 1.24. The summed E-state index contributed by atoms with van der Waals surface area (Å²) in [6.45, 7) is 1.94. The largest absolute Gasteiger partial charge is 0.479 e. The monoisotopic (exact) mass is 205 g/mol. The lowest BCUT2D eigenvalue weighted by molar-refractivity contribution is 0.399. The molecule has 6 heteroatoms. The van der Waals surface area contributed by atoms with Crippen LogP contribution in [-0.4, -0.2) is 26.9 Å². The van der Waals surface area contributed by atoms with Crippen LogP contribution in [0.4, 0.5) is 5.69 Å². The number of nitrogens with two attached hydrogens (primary N) is 1. The van der Waals surface area contributed by atoms with Gasteiger partial charge in [-0.15, -0.1) is 0 Å². The summed E-state index contributed by atoms with van der Waals surface area (Å²) in [6.07, 6.45) is 4.95. The van der Waals surface area contributed by atoms with E-state index in [9.17, 15) is 0 Å². The van der Waals surface area contributed by atoms with E-state index in [4.69, 9.17) is 10.5 Å². The highest BCUT2D eigenvalue weighted by Crippen LogP contribution is 2.22. The van der Waals surface area contributed by atoms with Crippen LogP contribution in [0.25, 0.3) is 5.82 Å². The summed E-state index contributed by atoms with van der Waals surface area (Å²) in [6, 6.07) is 0. The Morgan fingerprint density at radius 1 is 1.40 bits per heavy atom. The summed E-state index contributed by atoms with van der Waals surface area (Å²) in [5, 5.41) is 4.11. The first-order valence-electron chi connectivity index (χ1n) is 4.38. The minimum Gasteiger partial charge on any atom is -0.479 e. The van der Waals surface area contributed by atoms with Crippen LogP contribution in [0.15, 0.2) is 18.7 Å². The van der Waals surface area contributed by atoms with E-state index >= 15 is 0 Å². The quantitative estimate of drug-likeness (QED) is 0.775. The molecule has 2 N–H and O–H groups in total. The lowest BCUT2D eigenvalue weighted by Gasteiger charge is -2.06. The molecular weight excluding hydrogens is 194 g/mol. The number of hydrogen-bond donors (Lipinski definition) is 1. The second-order valence-electron chi connectivity index (χ2n) is 3.08. The van der Waals surface area contributed by atoms with Crippen molar-refractivity contribution >= 4 is 5.69 Å². The SMILES string of the molecule is COc1ncnc(-n2cc(C)cn2)c1N. The first-order valence-corrected chi connectivity index (χ1v) is 4.38. The molecule has 78 valence electrons. The van der Waals surface area contributed by atoms with Crippen molar-refractivity contribution in [3.8, 4) is 11.7 Å². The predicted molar refractivity (Wildman–Crippen MR) is 54.9 cm³/mol. The van der Waals surface area contributed by atoms with E-state index in [2.05, 4.69) is 15.1 Å². The molecule has 0 atom stereocenters. The maximum atomic E-state index is 5.82. The Morgan fingerprint density at radius 3 is 2.80 bits per heavy atom. The van der Waals surface area contributed by atoms with Crippen LogP contribution in [-0.2, 0) is 0 Å². The van der Waals surface area contributed by atoms with E-state index in [1.807, 2.05) is 13.1 Å². The number of aromatic nitrogens is 4. The Hall–Kier alpha value is -2.11. The van der Waals surface area contributed by atoms with Crippen molar-refractivity contribution in [3.05, 3.63) is 24.3 Å². The van der Waals surface area contributed by atoms with Gasteiger partial charge in [-0.1, -0.05) is 0 Å². The van der Waals surface area contributed by atoms with Crippen LogP contribution in [0.5, 0.6) is 5.88 Å². The third-order valence-corrected chi connectivity index (χ3v) is 1.95. The van der Waals surface area contributed by atoms with Gasteiger partial charge in [-0.25, -0.2) is 9.67 Å². The number of methoxy groups -OCH3 is 1. The second-order valence-corrected chi connectivity index (χ2v) is 3.08. The molecule has 0 saturated carbocycles. The van der Waals surface area contributed by atoms with Crippen LogP contribution >= 0.6 is 0 Å². The number of anilines is 1. The van der Waals surface area contributed by atoms with Gasteiger partial charge < -0.3 is 10.5 Å². The van der Waals surface area contributed by atoms with Gasteiger partial charge >= 0.3 is 0 Å². The minimum absolute atomic E-state index is 0.355. The minimum atomic E-state index is 0.355. The Balaban J connectivity index is 2.53. The maximum absolute atomic E-state index is 5.82. The molecule has 2 heterocycles. The van der Waals surface area contributed by atoms with E-state index in [1.165, 1.54) is 13.4 Å². The summed E-state index contributed by atoms with van der Waals surface area (Å²) in [5.41, 5.74) is 7.24. The van der Waals surface area contributed by atoms with Gasteiger partial charge in [-0.3, -0.25) is 0 Å². The fourth-order valence-electron chi connectivity index (χ4n) is 1.24. The van der Waals surface area contributed by atoms with Crippen LogP contribution in [0, 0.1) is 6.92 Å². The van der Waals surface area contributed by atoms with Crippen molar-refractivity contribution in [1.82, 2.24) is 19.7 Å². The molecule has 0 aliphatic heterocycles. The van der Waals surface area contributed by atoms with E-state index in [0.717, 1.165) is 5.56 Å². The van der Waals surface area contributed by atoms with Gasteiger partial charge in [0.1, 0.15) is 12.0 Å². The van der Waals surface area contributed by atoms with Gasteiger partial charge in [0.25, 0.3) is 0 Å². The number of nitrogens with zero attached hydrogens (tertiary/aromatic N) is 4. The Labute approximate surface area is 86.7 Å². The third kappa shape index (κ3) is 1.61. The molecule has 0 saturated heterocycles. The van der Waals surface area contributed by atoms with E-state index in [-0.39, 0.29) is 0 Å². The first-order chi connectivity index (χ1) is 7.22. The normalized spacial score (nSPS) is 10.3. The Kier molecular flexibility index (Phi) is 2.24. The number of nitrogen functional groups attached to an aromatic ring is 1. The number of hydrogen-bond acceptors (Lipinski definition) is 5. The van der Waals surface area contributed by atoms with E-state index < -0.39 is 0 Å². The molecule has 0 bridgehead atoms. The van der Waals surface area contributed by atoms with Crippen LogP contribution < -0.4 is 10.5 Å². The summed E-state index contributed by atoms with van der Waals surface area (Å²) < 4.78 is 6.59. The molecule has 2 rings (SSSR count). The van der Waals surface area contributed by atoms with Gasteiger partial charge in [0, 0.05) is 6.20 Å². The summed E-state index contributed by atoms with van der Waals surface area (Å²) in [5.74, 6) is 0.878. The lowest BCUT2D eigenvalue weighted by Crippen LogP contribution is -2.06. The van der Waals surface area contributed by atoms with Crippen molar-refractivity contribution in [2.45, 2.75) is 6.92 Å². The fraction of sp³-hybridized carbons (Fsp3) is 0.222. The molecule has 15 heavy (non-hydrogen) atoms. The molecule has 2 aromatic rings. The Bertz CT molecular complexity index is 479. The third-order valence-electron chi connectivity index (χ3n) is 1.95. The molecule has 0 aliphatic carbocycles. The highest BCUT2D eigenvalue weighted by molar-refractivity contribution is 5.59. The zero-order valence-corrected chi connectivity index (χ0v) is 8.51. The molecule has 0 unspecified atom stereocenters. The van der Waals surface area contributed by atoms with Crippen LogP contribution in [0.1, 0.15) is 5.56 Å². The first kappa shape index (κ1) is 9.45. The molecular formula is C9H11N5O. The maximum Gasteiger partial charge on any atom is 0.242 e. The van der Waals surface area contributed by atoms with Crippen LogP contribution in [0.3, 0.4) is 0 Å². The Morgan fingerprint density at radius 2 is 2.20 bits per heavy atom. The van der Waals surface area contributed by atoms with Gasteiger partial charge in [0.15, 0.2) is 5.82 Å². The van der Waals surface area contributed by atoms with E-state index in [1.54, 1.807) is 10.9 Å². The average Bonchev–Trinajstić information content (AvgIpc) is 2.65. The molecule has 0 radical (unpaired) electrons.